The molecule has 3 saturated carbocycles. The van der Waals surface area contributed by atoms with Crippen LogP contribution in [0.5, 0.6) is 0 Å². The number of ether oxygens (including phenoxy) is 4. The van der Waals surface area contributed by atoms with Crippen LogP contribution in [0.25, 0.3) is 0 Å². The van der Waals surface area contributed by atoms with Gasteiger partial charge in [0.1, 0.15) is 34.3 Å². The van der Waals surface area contributed by atoms with E-state index in [0.29, 0.717) is 18.8 Å². The number of aliphatic hydroxyl groups excluding tert-OH is 1. The second-order valence-electron chi connectivity index (χ2n) is 20.3. The molecule has 11 heteroatoms. The van der Waals surface area contributed by atoms with E-state index >= 15 is 0 Å². The zero-order valence-corrected chi connectivity index (χ0v) is 38.3. The van der Waals surface area contributed by atoms with Gasteiger partial charge in [0.2, 0.25) is 5.79 Å². The molecule has 58 heavy (non-hydrogen) atoms. The molecule has 4 aliphatic carbocycles. The van der Waals surface area contributed by atoms with Gasteiger partial charge in [0, 0.05) is 20.3 Å². The summed E-state index contributed by atoms with van der Waals surface area (Å²) in [6.07, 6.45) is 5.16. The minimum Gasteiger partial charge on any atom is -0.463 e. The highest BCUT2D eigenvalue weighted by molar-refractivity contribution is 9.10. The summed E-state index contributed by atoms with van der Waals surface area (Å²) in [5.74, 6) is -1.51. The van der Waals surface area contributed by atoms with E-state index in [2.05, 4.69) is 105 Å². The molecule has 1 spiro atoms. The summed E-state index contributed by atoms with van der Waals surface area (Å²) >= 11 is 4.19. The number of fused-ring (bicyclic) bond motifs is 7. The maximum Gasteiger partial charge on any atom is 0.302 e. The molecule has 2 aromatic carbocycles. The molecule has 316 valence electrons. The maximum atomic E-state index is 13.9. The number of benzene rings is 2. The Morgan fingerprint density at radius 1 is 0.879 bits per heavy atom. The van der Waals surface area contributed by atoms with Crippen molar-refractivity contribution in [2.24, 2.45) is 28.6 Å². The molecule has 0 radical (unpaired) electrons. The van der Waals surface area contributed by atoms with Crippen LogP contribution in [0.4, 0.5) is 0 Å². The van der Waals surface area contributed by atoms with Crippen LogP contribution in [0, 0.1) is 28.6 Å². The lowest BCUT2D eigenvalue weighted by molar-refractivity contribution is -0.269. The van der Waals surface area contributed by atoms with Gasteiger partial charge in [-0.05, 0) is 97.9 Å². The highest BCUT2D eigenvalue weighted by Crippen LogP contribution is 2.74. The number of hydrogen-bond acceptors (Lipinski definition) is 9. The highest BCUT2D eigenvalue weighted by Gasteiger charge is 2.85. The normalized spacial score (nSPS) is 43.2. The largest absolute Gasteiger partial charge is 0.463 e. The molecule has 2 N–H and O–H groups in total. The molecule has 2 heterocycles. The van der Waals surface area contributed by atoms with Crippen LogP contribution in [-0.2, 0) is 33.0 Å². The predicted octanol–water partition coefficient (Wildman–Crippen LogP) is 7.13. The van der Waals surface area contributed by atoms with Gasteiger partial charge < -0.3 is 33.6 Å². The Bertz CT molecular complexity index is 1910. The van der Waals surface area contributed by atoms with Crippen molar-refractivity contribution in [3.63, 3.8) is 0 Å². The zero-order valence-electron chi connectivity index (χ0n) is 35.7. The SMILES string of the molecule is CC(=O)O[C@H]1CC[C@@]2(C)[C@@H](CC[C@H]3C4=C[C@@H]5O[C@]6(O[C@](C)(CO)C[C@H]6O[Si](c6ccccc6)(c6ccccc6)C(C)(C)C)[C@@](C)(Br)[C@]5(O)[C@@]4(C)[C@H](OC(C)=O)C[C@@H]32)C1. The average molecular weight is 880 g/mol. The quantitative estimate of drug-likeness (QED) is 0.130. The zero-order chi connectivity index (χ0) is 41.9. The molecule has 13 atom stereocenters. The summed E-state index contributed by atoms with van der Waals surface area (Å²) in [7, 11) is -3.21. The topological polar surface area (TPSA) is 121 Å². The number of alkyl halides is 1. The third kappa shape index (κ3) is 5.75. The number of halogens is 1. The van der Waals surface area contributed by atoms with Crippen molar-refractivity contribution >= 4 is 46.6 Å². The van der Waals surface area contributed by atoms with Gasteiger partial charge in [-0.1, -0.05) is 116 Å². The van der Waals surface area contributed by atoms with Crippen LogP contribution in [0.3, 0.4) is 0 Å². The van der Waals surface area contributed by atoms with E-state index in [9.17, 15) is 19.8 Å². The molecule has 9 nitrogen and oxygen atoms in total. The van der Waals surface area contributed by atoms with Crippen molar-refractivity contribution in [1.82, 2.24) is 0 Å². The van der Waals surface area contributed by atoms with E-state index in [1.807, 2.05) is 26.0 Å². The van der Waals surface area contributed by atoms with Gasteiger partial charge in [-0.3, -0.25) is 9.59 Å². The average Bonchev–Trinajstić information content (AvgIpc) is 3.66. The number of aliphatic hydroxyl groups is 2. The van der Waals surface area contributed by atoms with Gasteiger partial charge in [-0.25, -0.2) is 0 Å². The number of esters is 2. The standard InChI is InChI=1S/C47H63BrO9Si/c1-29(50)53-32-22-23-43(7)31(24-32)20-21-35-36(43)25-38(54-30(2)51)44(8)37(35)26-39-46(44,52)45(9,48)47(55-39)40(27-42(6,28-49)57-47)56-58(41(3,4)5,33-16-12-10-13-17-33)34-18-14-11-15-19-34/h10-19,26,31-32,35-36,38-40,49,52H,20-25,27-28H2,1-9H3/t31-,32-,35+,36-,38+,39-,40+,42-,43-,44+,45-,46+,47+/m0/s1. The van der Waals surface area contributed by atoms with Gasteiger partial charge in [0.25, 0.3) is 8.32 Å². The fourth-order valence-corrected chi connectivity index (χ4v) is 19.1. The Labute approximate surface area is 353 Å². The molecule has 0 bridgehead atoms. The summed E-state index contributed by atoms with van der Waals surface area (Å²) in [6, 6.07) is 20.9. The van der Waals surface area contributed by atoms with Gasteiger partial charge in [0.15, 0.2) is 0 Å². The molecule has 0 aromatic heterocycles. The van der Waals surface area contributed by atoms with E-state index in [0.717, 1.165) is 48.1 Å². The van der Waals surface area contributed by atoms with Crippen LogP contribution in [0.15, 0.2) is 72.3 Å². The summed E-state index contributed by atoms with van der Waals surface area (Å²) < 4.78 is 33.2. The van der Waals surface area contributed by atoms with Crippen molar-refractivity contribution in [2.45, 2.75) is 158 Å². The Hall–Kier alpha value is -2.38. The van der Waals surface area contributed by atoms with Crippen molar-refractivity contribution in [3.8, 4) is 0 Å². The smallest absolute Gasteiger partial charge is 0.302 e. The molecule has 2 aliphatic heterocycles. The van der Waals surface area contributed by atoms with Crippen LogP contribution in [-0.4, -0.2) is 82.8 Å². The lowest BCUT2D eigenvalue weighted by Crippen LogP contribution is -2.73. The molecule has 0 unspecified atom stereocenters. The van der Waals surface area contributed by atoms with E-state index in [1.165, 1.54) is 13.8 Å². The van der Waals surface area contributed by atoms with Crippen LogP contribution in [0.2, 0.25) is 5.04 Å². The Kier molecular flexibility index (Phi) is 10.3. The lowest BCUT2D eigenvalue weighted by atomic mass is 9.44. The molecule has 8 rings (SSSR count). The van der Waals surface area contributed by atoms with Crippen molar-refractivity contribution in [3.05, 3.63) is 72.3 Å². The van der Waals surface area contributed by atoms with Crippen molar-refractivity contribution in [2.75, 3.05) is 6.61 Å². The summed E-state index contributed by atoms with van der Waals surface area (Å²) in [6.45, 7) is 17.6. The minimum absolute atomic E-state index is 0.0630. The van der Waals surface area contributed by atoms with Crippen molar-refractivity contribution < 1.29 is 43.2 Å². The van der Waals surface area contributed by atoms with Crippen molar-refractivity contribution in [1.29, 1.82) is 0 Å². The molecule has 2 saturated heterocycles. The van der Waals surface area contributed by atoms with E-state index < -0.39 is 59.3 Å². The van der Waals surface area contributed by atoms with Crippen LogP contribution < -0.4 is 10.4 Å². The Morgan fingerprint density at radius 3 is 2.03 bits per heavy atom. The molecule has 0 amide bonds. The fraction of sp³-hybridized carbons (Fsp3) is 0.660. The third-order valence-corrected chi connectivity index (χ3v) is 22.3. The second-order valence-corrected chi connectivity index (χ2v) is 26.2. The number of carbonyl (C=O) groups excluding carboxylic acids is 2. The number of rotatable bonds is 7. The first-order chi connectivity index (χ1) is 27.1. The summed E-state index contributed by atoms with van der Waals surface area (Å²) in [5, 5.41) is 26.8. The Morgan fingerprint density at radius 2 is 1.48 bits per heavy atom. The predicted molar refractivity (Wildman–Crippen MR) is 227 cm³/mol. The molecular weight excluding hydrogens is 816 g/mol. The third-order valence-electron chi connectivity index (χ3n) is 16.1. The van der Waals surface area contributed by atoms with Gasteiger partial charge in [-0.15, -0.1) is 0 Å². The highest BCUT2D eigenvalue weighted by atomic mass is 79.9. The van der Waals surface area contributed by atoms with Gasteiger partial charge >= 0.3 is 11.9 Å². The van der Waals surface area contributed by atoms with E-state index in [4.69, 9.17) is 23.4 Å². The molecule has 6 aliphatic rings. The fourth-order valence-electron chi connectivity index (χ4n) is 13.3. The molecular formula is C47H63BrO9Si. The van der Waals surface area contributed by atoms with Gasteiger partial charge in [-0.2, -0.15) is 0 Å². The maximum absolute atomic E-state index is 13.9. The molecule has 2 aromatic rings. The van der Waals surface area contributed by atoms with Crippen LogP contribution >= 0.6 is 15.9 Å². The lowest BCUT2D eigenvalue weighted by Gasteiger charge is -2.63. The first kappa shape index (κ1) is 42.3. The number of hydrogen-bond donors (Lipinski definition) is 2. The Balaban J connectivity index is 1.25. The summed E-state index contributed by atoms with van der Waals surface area (Å²) in [5.41, 5.74) is -2.77. The first-order valence-corrected chi connectivity index (χ1v) is 24.1. The first-order valence-electron chi connectivity index (χ1n) is 21.4. The van der Waals surface area contributed by atoms with E-state index in [1.54, 1.807) is 0 Å². The van der Waals surface area contributed by atoms with E-state index in [-0.39, 0.29) is 41.0 Å². The molecule has 5 fully saturated rings. The summed E-state index contributed by atoms with van der Waals surface area (Å²) in [4.78, 5) is 25.1. The minimum atomic E-state index is -3.21. The number of carbonyl (C=O) groups is 2. The van der Waals surface area contributed by atoms with Crippen LogP contribution in [0.1, 0.15) is 107 Å². The monoisotopic (exact) mass is 878 g/mol. The van der Waals surface area contributed by atoms with Gasteiger partial charge in [0.05, 0.1) is 17.6 Å². The second kappa shape index (κ2) is 14.1.